The van der Waals surface area contributed by atoms with Crippen molar-refractivity contribution in [3.05, 3.63) is 35.4 Å². The van der Waals surface area contributed by atoms with Crippen molar-refractivity contribution in [2.24, 2.45) is 0 Å². The molecule has 2 nitrogen and oxygen atoms in total. The zero-order valence-electron chi connectivity index (χ0n) is 21.4. The lowest BCUT2D eigenvalue weighted by molar-refractivity contribution is 0.302. The first kappa shape index (κ1) is 25.9. The van der Waals surface area contributed by atoms with Crippen LogP contribution >= 0.6 is 11.3 Å². The summed E-state index contributed by atoms with van der Waals surface area (Å²) in [5.41, 5.74) is 2.47. The highest BCUT2D eigenvalue weighted by molar-refractivity contribution is 7.25. The normalized spacial score (nSPS) is 11.5. The first-order valence-corrected chi connectivity index (χ1v) is 14.2. The number of aryl methyl sites for hydroxylation is 2. The number of rotatable bonds is 16. The van der Waals surface area contributed by atoms with Crippen molar-refractivity contribution in [2.45, 2.75) is 105 Å². The number of fused-ring (bicyclic) bond motifs is 3. The second-order valence-electron chi connectivity index (χ2n) is 9.56. The summed E-state index contributed by atoms with van der Waals surface area (Å²) >= 11 is 1.88. The van der Waals surface area contributed by atoms with Crippen LogP contribution in [0.25, 0.3) is 20.2 Å². The number of ether oxygens (including phenoxy) is 2. The highest BCUT2D eigenvalue weighted by atomic mass is 32.1. The van der Waals surface area contributed by atoms with Gasteiger partial charge in [-0.25, -0.2) is 0 Å². The third kappa shape index (κ3) is 7.64. The zero-order valence-corrected chi connectivity index (χ0v) is 22.3. The molecule has 0 unspecified atom stereocenters. The summed E-state index contributed by atoms with van der Waals surface area (Å²) in [4.78, 5) is 0. The molecule has 0 aliphatic heterocycles. The average molecular weight is 469 g/mol. The van der Waals surface area contributed by atoms with Crippen LogP contribution in [0, 0.1) is 13.8 Å². The van der Waals surface area contributed by atoms with Gasteiger partial charge >= 0.3 is 0 Å². The monoisotopic (exact) mass is 468 g/mol. The van der Waals surface area contributed by atoms with E-state index in [4.69, 9.17) is 9.47 Å². The molecular weight excluding hydrogens is 424 g/mol. The molecule has 1 heterocycles. The van der Waals surface area contributed by atoms with Gasteiger partial charge < -0.3 is 9.47 Å². The Bertz CT molecular complexity index is 910. The Morgan fingerprint density at radius 2 is 0.939 bits per heavy atom. The summed E-state index contributed by atoms with van der Waals surface area (Å²) < 4.78 is 15.1. The summed E-state index contributed by atoms with van der Waals surface area (Å²) in [6.07, 6.45) is 15.5. The molecule has 0 aliphatic carbocycles. The van der Waals surface area contributed by atoms with Crippen LogP contribution in [0.15, 0.2) is 24.3 Å². The van der Waals surface area contributed by atoms with Crippen LogP contribution in [-0.4, -0.2) is 13.2 Å². The maximum Gasteiger partial charge on any atom is 0.122 e. The van der Waals surface area contributed by atoms with Crippen LogP contribution in [0.2, 0.25) is 0 Å². The summed E-state index contributed by atoms with van der Waals surface area (Å²) in [5.74, 6) is 2.07. The van der Waals surface area contributed by atoms with Crippen molar-refractivity contribution in [1.29, 1.82) is 0 Å². The van der Waals surface area contributed by atoms with Crippen LogP contribution < -0.4 is 9.47 Å². The highest BCUT2D eigenvalue weighted by Gasteiger charge is 2.12. The fourth-order valence-corrected chi connectivity index (χ4v) is 5.74. The van der Waals surface area contributed by atoms with Crippen LogP contribution in [-0.2, 0) is 0 Å². The second-order valence-corrected chi connectivity index (χ2v) is 10.6. The third-order valence-corrected chi connectivity index (χ3v) is 7.69. The standard InChI is InChI=1S/C30H44O2S/c1-5-7-9-11-13-15-17-31-27-21-25-26-22-28(32-18-16-14-12-10-8-6-2)24(4)20-30(26)33-29(25)19-23(27)3/h19-22H,5-18H2,1-4H3. The van der Waals surface area contributed by atoms with E-state index in [0.717, 1.165) is 37.6 Å². The zero-order chi connectivity index (χ0) is 23.5. The lowest BCUT2D eigenvalue weighted by Crippen LogP contribution is -1.99. The Labute approximate surface area is 205 Å². The molecule has 0 radical (unpaired) electrons. The van der Waals surface area contributed by atoms with E-state index < -0.39 is 0 Å². The number of thiophene rings is 1. The molecule has 0 fully saturated rings. The first-order valence-electron chi connectivity index (χ1n) is 13.4. The van der Waals surface area contributed by atoms with E-state index in [1.807, 2.05) is 11.3 Å². The molecule has 0 saturated carbocycles. The van der Waals surface area contributed by atoms with Crippen molar-refractivity contribution >= 4 is 31.5 Å². The lowest BCUT2D eigenvalue weighted by Gasteiger charge is -2.11. The molecule has 2 aromatic carbocycles. The fraction of sp³-hybridized carbons (Fsp3) is 0.600. The van der Waals surface area contributed by atoms with Gasteiger partial charge in [0.05, 0.1) is 13.2 Å². The molecule has 0 bridgehead atoms. The summed E-state index contributed by atoms with van der Waals surface area (Å²) in [7, 11) is 0. The number of hydrogen-bond donors (Lipinski definition) is 0. The molecule has 0 amide bonds. The molecule has 3 aromatic rings. The van der Waals surface area contributed by atoms with Crippen molar-refractivity contribution in [2.75, 3.05) is 13.2 Å². The highest BCUT2D eigenvalue weighted by Crippen LogP contribution is 2.40. The maximum absolute atomic E-state index is 6.22. The van der Waals surface area contributed by atoms with E-state index in [2.05, 4.69) is 52.0 Å². The summed E-state index contributed by atoms with van der Waals surface area (Å²) in [5, 5.41) is 2.59. The number of unbranched alkanes of at least 4 members (excludes halogenated alkanes) is 10. The molecule has 0 saturated heterocycles. The summed E-state index contributed by atoms with van der Waals surface area (Å²) in [6, 6.07) is 9.10. The minimum absolute atomic E-state index is 0.812. The Kier molecular flexibility index (Phi) is 10.9. The molecule has 0 aliphatic rings. The predicted molar refractivity (Wildman–Crippen MR) is 147 cm³/mol. The van der Waals surface area contributed by atoms with Gasteiger partial charge in [-0.3, -0.25) is 0 Å². The van der Waals surface area contributed by atoms with Gasteiger partial charge in [0.1, 0.15) is 11.5 Å². The second kappa shape index (κ2) is 13.8. The maximum atomic E-state index is 6.22. The number of benzene rings is 2. The average Bonchev–Trinajstić information content (AvgIpc) is 3.13. The van der Waals surface area contributed by atoms with Gasteiger partial charge in [0.2, 0.25) is 0 Å². The molecule has 1 aromatic heterocycles. The van der Waals surface area contributed by atoms with Crippen LogP contribution in [0.1, 0.15) is 102 Å². The van der Waals surface area contributed by atoms with Crippen LogP contribution in [0.4, 0.5) is 0 Å². The van der Waals surface area contributed by atoms with Crippen molar-refractivity contribution < 1.29 is 9.47 Å². The van der Waals surface area contributed by atoms with Crippen molar-refractivity contribution in [3.63, 3.8) is 0 Å². The minimum Gasteiger partial charge on any atom is -0.493 e. The fourth-order valence-electron chi connectivity index (χ4n) is 4.47. The first-order chi connectivity index (χ1) is 16.1. The van der Waals surface area contributed by atoms with Gasteiger partial charge in [-0.2, -0.15) is 0 Å². The molecular formula is C30H44O2S. The van der Waals surface area contributed by atoms with Gasteiger partial charge in [0.15, 0.2) is 0 Å². The molecule has 3 rings (SSSR count). The van der Waals surface area contributed by atoms with Gasteiger partial charge in [0, 0.05) is 20.2 Å². The van der Waals surface area contributed by atoms with E-state index in [0.29, 0.717) is 0 Å². The van der Waals surface area contributed by atoms with E-state index in [1.165, 1.54) is 95.5 Å². The minimum atomic E-state index is 0.812. The quantitative estimate of drug-likeness (QED) is 0.195. The SMILES string of the molecule is CCCCCCCCOc1cc2c(cc1C)sc1cc(C)c(OCCCCCCCC)cc12. The Hall–Kier alpha value is -1.74. The van der Waals surface area contributed by atoms with E-state index in [1.54, 1.807) is 0 Å². The largest absolute Gasteiger partial charge is 0.493 e. The predicted octanol–water partition coefficient (Wildman–Crippen LogP) is 10.1. The van der Waals surface area contributed by atoms with E-state index >= 15 is 0 Å². The van der Waals surface area contributed by atoms with Gasteiger partial charge in [-0.15, -0.1) is 11.3 Å². The Morgan fingerprint density at radius 1 is 0.545 bits per heavy atom. The van der Waals surface area contributed by atoms with Gasteiger partial charge in [0.25, 0.3) is 0 Å². The van der Waals surface area contributed by atoms with Gasteiger partial charge in [-0.05, 0) is 62.1 Å². The van der Waals surface area contributed by atoms with Crippen molar-refractivity contribution in [1.82, 2.24) is 0 Å². The number of hydrogen-bond acceptors (Lipinski definition) is 3. The smallest absolute Gasteiger partial charge is 0.122 e. The Morgan fingerprint density at radius 3 is 1.36 bits per heavy atom. The van der Waals surface area contributed by atoms with Gasteiger partial charge in [-0.1, -0.05) is 78.1 Å². The molecule has 182 valence electrons. The van der Waals surface area contributed by atoms with Crippen LogP contribution in [0.3, 0.4) is 0 Å². The Balaban J connectivity index is 1.63. The molecule has 0 N–H and O–H groups in total. The van der Waals surface area contributed by atoms with Crippen molar-refractivity contribution in [3.8, 4) is 11.5 Å². The molecule has 3 heteroatoms. The van der Waals surface area contributed by atoms with E-state index in [-0.39, 0.29) is 0 Å². The van der Waals surface area contributed by atoms with Crippen LogP contribution in [0.5, 0.6) is 11.5 Å². The molecule has 0 atom stereocenters. The molecule has 0 spiro atoms. The summed E-state index contributed by atoms with van der Waals surface area (Å²) in [6.45, 7) is 10.5. The topological polar surface area (TPSA) is 18.5 Å². The third-order valence-electron chi connectivity index (χ3n) is 6.58. The lowest BCUT2D eigenvalue weighted by atomic mass is 10.1. The molecule has 33 heavy (non-hydrogen) atoms. The van der Waals surface area contributed by atoms with E-state index in [9.17, 15) is 0 Å².